The van der Waals surface area contributed by atoms with E-state index in [1.807, 2.05) is 13.8 Å². The van der Waals surface area contributed by atoms with Gasteiger partial charge in [-0.2, -0.15) is 0 Å². The summed E-state index contributed by atoms with van der Waals surface area (Å²) in [5.41, 5.74) is 0.723. The van der Waals surface area contributed by atoms with Crippen LogP contribution < -0.4 is 20.1 Å². The molecule has 1 aromatic rings. The number of rotatable bonds is 10. The van der Waals surface area contributed by atoms with E-state index in [0.717, 1.165) is 24.8 Å². The van der Waals surface area contributed by atoms with Crippen molar-refractivity contribution in [3.05, 3.63) is 29.6 Å². The molecule has 3 N–H and O–H groups in total. The van der Waals surface area contributed by atoms with E-state index in [9.17, 15) is 12.8 Å². The summed E-state index contributed by atoms with van der Waals surface area (Å²) in [7, 11) is -2.02. The van der Waals surface area contributed by atoms with E-state index >= 15 is 0 Å². The first kappa shape index (κ1) is 27.9. The molecule has 1 saturated heterocycles. The second-order valence-electron chi connectivity index (χ2n) is 7.18. The summed E-state index contributed by atoms with van der Waals surface area (Å²) in [6, 6.07) is 4.51. The Balaban J connectivity index is 0.00000480. The zero-order valence-corrected chi connectivity index (χ0v) is 21.5. The van der Waals surface area contributed by atoms with Gasteiger partial charge in [-0.25, -0.2) is 17.5 Å². The maximum absolute atomic E-state index is 14.0. The zero-order valence-electron chi connectivity index (χ0n) is 18.3. The summed E-state index contributed by atoms with van der Waals surface area (Å²) in [5.74, 6) is 0.0848. The van der Waals surface area contributed by atoms with Gasteiger partial charge in [0.25, 0.3) is 0 Å². The van der Waals surface area contributed by atoms with Gasteiger partial charge in [0, 0.05) is 19.7 Å². The topological polar surface area (TPSA) is 101 Å². The van der Waals surface area contributed by atoms with Crippen LogP contribution in [0.25, 0.3) is 0 Å². The molecule has 178 valence electrons. The number of hydrogen-bond donors (Lipinski definition) is 3. The van der Waals surface area contributed by atoms with Gasteiger partial charge in [0.05, 0.1) is 31.6 Å². The van der Waals surface area contributed by atoms with Gasteiger partial charge in [0.15, 0.2) is 17.5 Å². The molecule has 11 heteroatoms. The monoisotopic (exact) mass is 572 g/mol. The Morgan fingerprint density at radius 2 is 2.16 bits per heavy atom. The van der Waals surface area contributed by atoms with Crippen molar-refractivity contribution in [2.24, 2.45) is 4.99 Å². The average molecular weight is 572 g/mol. The lowest BCUT2D eigenvalue weighted by atomic mass is 10.1. The Morgan fingerprint density at radius 3 is 2.77 bits per heavy atom. The number of methoxy groups -OCH3 is 1. The Morgan fingerprint density at radius 1 is 1.39 bits per heavy atom. The molecule has 1 aliphatic rings. The van der Waals surface area contributed by atoms with Crippen molar-refractivity contribution in [1.82, 2.24) is 15.4 Å². The highest BCUT2D eigenvalue weighted by Gasteiger charge is 2.18. The fraction of sp³-hybridized carbons (Fsp3) is 0.650. The Kier molecular flexibility index (Phi) is 12.6. The number of aliphatic imine (C=N–C) groups is 1. The quantitative estimate of drug-likeness (QED) is 0.227. The molecule has 31 heavy (non-hydrogen) atoms. The van der Waals surface area contributed by atoms with E-state index in [-0.39, 0.29) is 54.2 Å². The van der Waals surface area contributed by atoms with Gasteiger partial charge in [-0.15, -0.1) is 24.0 Å². The van der Waals surface area contributed by atoms with Crippen LogP contribution in [0.3, 0.4) is 0 Å². The lowest BCUT2D eigenvalue weighted by molar-refractivity contribution is 0.0200. The number of ether oxygens (including phenoxy) is 2. The number of hydrogen-bond acceptors (Lipinski definition) is 5. The summed E-state index contributed by atoms with van der Waals surface area (Å²) < 4.78 is 51.5. The number of nitrogens with zero attached hydrogens (tertiary/aromatic N) is 1. The number of sulfonamides is 1. The van der Waals surface area contributed by atoms with E-state index in [1.165, 1.54) is 13.2 Å². The van der Waals surface area contributed by atoms with Gasteiger partial charge < -0.3 is 20.1 Å². The minimum absolute atomic E-state index is 0. The van der Waals surface area contributed by atoms with Crippen LogP contribution in [0.1, 0.15) is 44.7 Å². The summed E-state index contributed by atoms with van der Waals surface area (Å²) in [5, 5.41) is 6.24. The van der Waals surface area contributed by atoms with E-state index in [0.29, 0.717) is 25.7 Å². The highest BCUT2D eigenvalue weighted by Crippen LogP contribution is 2.21. The van der Waals surface area contributed by atoms with Gasteiger partial charge >= 0.3 is 0 Å². The number of guanidine groups is 1. The summed E-state index contributed by atoms with van der Waals surface area (Å²) in [6.07, 6.45) is 2.91. The van der Waals surface area contributed by atoms with Crippen molar-refractivity contribution in [2.75, 3.05) is 39.1 Å². The average Bonchev–Trinajstić information content (AvgIpc) is 2.73. The van der Waals surface area contributed by atoms with Crippen molar-refractivity contribution in [2.45, 2.75) is 45.3 Å². The second kappa shape index (κ2) is 14.1. The summed E-state index contributed by atoms with van der Waals surface area (Å²) in [4.78, 5) is 4.34. The van der Waals surface area contributed by atoms with Crippen molar-refractivity contribution < 1.29 is 22.3 Å². The molecule has 2 atom stereocenters. The van der Waals surface area contributed by atoms with Crippen LogP contribution in [0.5, 0.6) is 5.75 Å². The summed E-state index contributed by atoms with van der Waals surface area (Å²) in [6.45, 7) is 5.47. The van der Waals surface area contributed by atoms with Gasteiger partial charge in [0.2, 0.25) is 10.0 Å². The minimum atomic E-state index is -3.44. The molecule has 0 radical (unpaired) electrons. The van der Waals surface area contributed by atoms with Crippen LogP contribution in [0.2, 0.25) is 0 Å². The van der Waals surface area contributed by atoms with Gasteiger partial charge in [-0.05, 0) is 50.8 Å². The third kappa shape index (κ3) is 9.87. The van der Waals surface area contributed by atoms with Gasteiger partial charge in [-0.3, -0.25) is 4.99 Å². The molecule has 0 amide bonds. The van der Waals surface area contributed by atoms with Crippen LogP contribution in [-0.2, 0) is 14.8 Å². The number of benzene rings is 1. The van der Waals surface area contributed by atoms with Crippen LogP contribution in [0.4, 0.5) is 4.39 Å². The third-order valence-electron chi connectivity index (χ3n) is 4.81. The first-order valence-corrected chi connectivity index (χ1v) is 12.0. The van der Waals surface area contributed by atoms with Crippen LogP contribution in [0, 0.1) is 5.82 Å². The zero-order chi connectivity index (χ0) is 22.0. The molecule has 8 nitrogen and oxygen atoms in total. The Labute approximate surface area is 201 Å². The maximum Gasteiger partial charge on any atom is 0.213 e. The molecule has 0 spiro atoms. The first-order chi connectivity index (χ1) is 14.3. The molecular formula is C20H34FIN4O4S. The molecule has 1 fully saturated rings. The van der Waals surface area contributed by atoms with Crippen molar-refractivity contribution in [3.63, 3.8) is 0 Å². The van der Waals surface area contributed by atoms with Crippen molar-refractivity contribution in [3.8, 4) is 5.75 Å². The second-order valence-corrected chi connectivity index (χ2v) is 9.10. The highest BCUT2D eigenvalue weighted by molar-refractivity contribution is 14.0. The van der Waals surface area contributed by atoms with Crippen LogP contribution in [0.15, 0.2) is 23.2 Å². The number of nitrogens with one attached hydrogen (secondary N) is 3. The molecule has 2 unspecified atom stereocenters. The minimum Gasteiger partial charge on any atom is -0.494 e. The van der Waals surface area contributed by atoms with Crippen molar-refractivity contribution in [1.29, 1.82) is 0 Å². The molecular weight excluding hydrogens is 538 g/mol. The van der Waals surface area contributed by atoms with E-state index in [1.54, 1.807) is 12.1 Å². The predicted molar refractivity (Wildman–Crippen MR) is 131 cm³/mol. The predicted octanol–water partition coefficient (Wildman–Crippen LogP) is 2.56. The largest absolute Gasteiger partial charge is 0.494 e. The third-order valence-corrected chi connectivity index (χ3v) is 6.13. The lowest BCUT2D eigenvalue weighted by Gasteiger charge is -2.22. The molecule has 0 aromatic heterocycles. The smallest absolute Gasteiger partial charge is 0.213 e. The highest BCUT2D eigenvalue weighted by atomic mass is 127. The van der Waals surface area contributed by atoms with Gasteiger partial charge in [0.1, 0.15) is 0 Å². The summed E-state index contributed by atoms with van der Waals surface area (Å²) >= 11 is 0. The molecule has 1 aliphatic heterocycles. The molecule has 1 aromatic carbocycles. The van der Waals surface area contributed by atoms with E-state index in [4.69, 9.17) is 9.47 Å². The molecule has 1 heterocycles. The maximum atomic E-state index is 14.0. The van der Waals surface area contributed by atoms with Crippen LogP contribution in [-0.4, -0.2) is 59.6 Å². The molecule has 0 bridgehead atoms. The molecule has 0 saturated carbocycles. The van der Waals surface area contributed by atoms with E-state index < -0.39 is 15.8 Å². The van der Waals surface area contributed by atoms with Gasteiger partial charge in [-0.1, -0.05) is 6.07 Å². The Bertz CT molecular complexity index is 804. The first-order valence-electron chi connectivity index (χ1n) is 10.3. The number of halogens is 2. The van der Waals surface area contributed by atoms with Crippen LogP contribution >= 0.6 is 24.0 Å². The standard InChI is InChI=1S/C20H33FN4O4S.HI/c1-4-22-20(25-15(2)16-8-9-19(28-3)18(21)13-16)23-10-12-30(26,27)24-14-17-7-5-6-11-29-17;/h8-9,13,15,17,24H,4-7,10-12,14H2,1-3H3,(H2,22,23,25);1H. The van der Waals surface area contributed by atoms with Crippen molar-refractivity contribution >= 4 is 40.0 Å². The lowest BCUT2D eigenvalue weighted by Crippen LogP contribution is -2.40. The SMILES string of the molecule is CCNC(=NCCS(=O)(=O)NCC1CCCCO1)NC(C)c1ccc(OC)c(F)c1.I. The fourth-order valence-electron chi connectivity index (χ4n) is 3.10. The Hall–Kier alpha value is -1.18. The normalized spacial score (nSPS) is 18.1. The molecule has 0 aliphatic carbocycles. The van der Waals surface area contributed by atoms with E-state index in [2.05, 4.69) is 20.3 Å². The fourth-order valence-corrected chi connectivity index (χ4v) is 4.01. The molecule has 2 rings (SSSR count).